The fourth-order valence-corrected chi connectivity index (χ4v) is 12.0. The summed E-state index contributed by atoms with van der Waals surface area (Å²) in [4.78, 5) is 24.6. The molecule has 1 unspecified atom stereocenters. The fraction of sp³-hybridized carbons (Fsp3) is 0.947. The molecule has 0 saturated heterocycles. The summed E-state index contributed by atoms with van der Waals surface area (Å²) in [5, 5.41) is 9.70. The van der Waals surface area contributed by atoms with Gasteiger partial charge in [0.2, 0.25) is 0 Å². The lowest BCUT2D eigenvalue weighted by Crippen LogP contribution is -2.28. The molecule has 1 atom stereocenters. The molecule has 0 rings (SSSR count). The van der Waals surface area contributed by atoms with Crippen LogP contribution in [0.4, 0.5) is 0 Å². The molecule has 5 heteroatoms. The molecule has 0 aliphatic rings. The van der Waals surface area contributed by atoms with E-state index >= 15 is 0 Å². The van der Waals surface area contributed by atoms with E-state index in [1.807, 2.05) is 0 Å². The molecule has 0 radical (unpaired) electrons. The summed E-state index contributed by atoms with van der Waals surface area (Å²) in [7, 11) is 0. The SMILES string of the molecule is CCCCCCCCCC/C=C\CCCCCCCCCCCCCCCC(=O)OC(CO)COC(=O)CCCCCCCCCCCCCCCCCCCCCCCCCCCCCCCCCCCCCCCCCCC. The lowest BCUT2D eigenvalue weighted by Gasteiger charge is -2.15. The van der Waals surface area contributed by atoms with E-state index in [9.17, 15) is 14.7 Å². The van der Waals surface area contributed by atoms with Crippen molar-refractivity contribution in [2.45, 2.75) is 444 Å². The maximum absolute atomic E-state index is 12.4. The molecule has 0 heterocycles. The number of rotatable bonds is 71. The maximum Gasteiger partial charge on any atom is 0.306 e. The fourth-order valence-electron chi connectivity index (χ4n) is 12.0. The van der Waals surface area contributed by atoms with Gasteiger partial charge in [0.15, 0.2) is 6.10 Å². The van der Waals surface area contributed by atoms with Crippen LogP contribution in [0, 0.1) is 0 Å². The summed E-state index contributed by atoms with van der Waals surface area (Å²) in [5.74, 6) is -0.563. The first-order valence-electron chi connectivity index (χ1n) is 37.2. The van der Waals surface area contributed by atoms with Crippen molar-refractivity contribution in [2.75, 3.05) is 13.2 Å². The zero-order valence-electron chi connectivity index (χ0n) is 54.9. The van der Waals surface area contributed by atoms with Crippen LogP contribution >= 0.6 is 0 Å². The van der Waals surface area contributed by atoms with Gasteiger partial charge in [-0.2, -0.15) is 0 Å². The molecule has 1 N–H and O–H groups in total. The van der Waals surface area contributed by atoms with Crippen molar-refractivity contribution in [2.24, 2.45) is 0 Å². The van der Waals surface area contributed by atoms with Gasteiger partial charge in [-0.1, -0.05) is 398 Å². The van der Waals surface area contributed by atoms with Crippen LogP contribution in [-0.2, 0) is 19.1 Å². The summed E-state index contributed by atoms with van der Waals surface area (Å²) >= 11 is 0. The van der Waals surface area contributed by atoms with Crippen LogP contribution in [-0.4, -0.2) is 36.4 Å². The Morgan fingerprint density at radius 2 is 0.463 bits per heavy atom. The van der Waals surface area contributed by atoms with Gasteiger partial charge < -0.3 is 14.6 Å². The van der Waals surface area contributed by atoms with Gasteiger partial charge >= 0.3 is 11.9 Å². The summed E-state index contributed by atoms with van der Waals surface area (Å²) in [6.45, 7) is 4.22. The number of carbonyl (C=O) groups excluding carboxylic acids is 2. The van der Waals surface area contributed by atoms with Crippen LogP contribution < -0.4 is 0 Å². The van der Waals surface area contributed by atoms with Gasteiger partial charge in [0.1, 0.15) is 6.61 Å². The highest BCUT2D eigenvalue weighted by Gasteiger charge is 2.16. The number of carbonyl (C=O) groups is 2. The molecular weight excluding hydrogens is 981 g/mol. The van der Waals surface area contributed by atoms with Crippen molar-refractivity contribution < 1.29 is 24.2 Å². The van der Waals surface area contributed by atoms with Crippen LogP contribution in [0.2, 0.25) is 0 Å². The van der Waals surface area contributed by atoms with E-state index in [0.29, 0.717) is 12.8 Å². The molecule has 80 heavy (non-hydrogen) atoms. The quantitative estimate of drug-likeness (QED) is 0.0373. The molecule has 5 nitrogen and oxygen atoms in total. The smallest absolute Gasteiger partial charge is 0.306 e. The first-order valence-corrected chi connectivity index (χ1v) is 37.2. The summed E-state index contributed by atoms with van der Waals surface area (Å²) in [6.07, 6.45) is 92.9. The van der Waals surface area contributed by atoms with Gasteiger partial charge in [-0.05, 0) is 38.5 Å². The van der Waals surface area contributed by atoms with Crippen LogP contribution in [0.1, 0.15) is 438 Å². The highest BCUT2D eigenvalue weighted by Crippen LogP contribution is 2.20. The number of hydrogen-bond donors (Lipinski definition) is 1. The summed E-state index contributed by atoms with van der Waals surface area (Å²) < 4.78 is 10.8. The van der Waals surface area contributed by atoms with E-state index in [-0.39, 0.29) is 25.2 Å². The van der Waals surface area contributed by atoms with Crippen LogP contribution in [0.5, 0.6) is 0 Å². The third-order valence-corrected chi connectivity index (χ3v) is 17.6. The molecule has 0 saturated carbocycles. The normalized spacial score (nSPS) is 12.1. The summed E-state index contributed by atoms with van der Waals surface area (Å²) in [6, 6.07) is 0. The van der Waals surface area contributed by atoms with Gasteiger partial charge in [0, 0.05) is 12.8 Å². The van der Waals surface area contributed by atoms with Gasteiger partial charge in [0.05, 0.1) is 6.61 Å². The number of allylic oxidation sites excluding steroid dienone is 2. The molecule has 0 spiro atoms. The van der Waals surface area contributed by atoms with E-state index in [1.54, 1.807) is 0 Å². The Morgan fingerprint density at radius 3 is 0.675 bits per heavy atom. The zero-order valence-corrected chi connectivity index (χ0v) is 54.9. The van der Waals surface area contributed by atoms with E-state index in [4.69, 9.17) is 9.47 Å². The molecule has 0 aromatic rings. The Bertz CT molecular complexity index is 1180. The van der Waals surface area contributed by atoms with Gasteiger partial charge in [-0.3, -0.25) is 9.59 Å². The van der Waals surface area contributed by atoms with Crippen molar-refractivity contribution in [3.8, 4) is 0 Å². The minimum absolute atomic E-state index is 0.0576. The largest absolute Gasteiger partial charge is 0.462 e. The number of esters is 2. The zero-order chi connectivity index (χ0) is 57.6. The Hall–Kier alpha value is -1.36. The number of aliphatic hydroxyl groups is 1. The summed E-state index contributed by atoms with van der Waals surface area (Å²) in [5.41, 5.74) is 0. The third-order valence-electron chi connectivity index (χ3n) is 17.6. The average Bonchev–Trinajstić information content (AvgIpc) is 3.46. The maximum atomic E-state index is 12.4. The predicted octanol–water partition coefficient (Wildman–Crippen LogP) is 25.8. The van der Waals surface area contributed by atoms with E-state index < -0.39 is 6.10 Å². The van der Waals surface area contributed by atoms with E-state index in [1.165, 1.54) is 379 Å². The van der Waals surface area contributed by atoms with Crippen molar-refractivity contribution in [1.29, 1.82) is 0 Å². The van der Waals surface area contributed by atoms with Crippen molar-refractivity contribution in [1.82, 2.24) is 0 Å². The minimum Gasteiger partial charge on any atom is -0.462 e. The Morgan fingerprint density at radius 1 is 0.275 bits per heavy atom. The molecule has 0 aromatic carbocycles. The van der Waals surface area contributed by atoms with E-state index in [0.717, 1.165) is 32.1 Å². The van der Waals surface area contributed by atoms with Gasteiger partial charge in [-0.15, -0.1) is 0 Å². The lowest BCUT2D eigenvalue weighted by atomic mass is 10.0. The highest BCUT2D eigenvalue weighted by atomic mass is 16.6. The number of hydrogen-bond acceptors (Lipinski definition) is 5. The first kappa shape index (κ1) is 78.6. The Balaban J connectivity index is 3.33. The lowest BCUT2D eigenvalue weighted by molar-refractivity contribution is -0.161. The second-order valence-corrected chi connectivity index (χ2v) is 25.7. The molecule has 0 fully saturated rings. The second kappa shape index (κ2) is 71.9. The topological polar surface area (TPSA) is 72.8 Å². The minimum atomic E-state index is -0.768. The third kappa shape index (κ3) is 69.1. The van der Waals surface area contributed by atoms with E-state index in [2.05, 4.69) is 26.0 Å². The van der Waals surface area contributed by atoms with Crippen LogP contribution in [0.3, 0.4) is 0 Å². The van der Waals surface area contributed by atoms with Crippen LogP contribution in [0.25, 0.3) is 0 Å². The Kier molecular flexibility index (Phi) is 70.7. The first-order chi connectivity index (χ1) is 39.6. The molecule has 0 aromatic heterocycles. The van der Waals surface area contributed by atoms with Crippen molar-refractivity contribution in [3.63, 3.8) is 0 Å². The highest BCUT2D eigenvalue weighted by molar-refractivity contribution is 5.70. The average molecular weight is 1130 g/mol. The molecule has 0 amide bonds. The second-order valence-electron chi connectivity index (χ2n) is 25.7. The number of ether oxygens (including phenoxy) is 2. The Labute approximate surface area is 502 Å². The number of unbranched alkanes of at least 4 members (excludes halogenated alkanes) is 61. The molecular formula is C75H146O5. The molecule has 0 aliphatic heterocycles. The molecule has 0 aliphatic carbocycles. The number of aliphatic hydroxyl groups excluding tert-OH is 1. The standard InChI is InChI=1S/C75H146O5/c1-3-5-7-9-11-13-15-17-19-21-23-25-27-29-30-31-32-33-34-35-36-37-38-39-40-41-42-43-44-46-47-49-51-53-55-57-59-61-63-65-67-69-74(77)79-72-73(71-76)80-75(78)70-68-66-64-62-60-58-56-54-52-50-48-45-28-26-24-22-20-18-16-14-12-10-8-6-4-2/h22,24,73,76H,3-21,23,25-72H2,1-2H3/b24-22-. The van der Waals surface area contributed by atoms with Crippen LogP contribution in [0.15, 0.2) is 12.2 Å². The molecule has 0 bridgehead atoms. The van der Waals surface area contributed by atoms with Gasteiger partial charge in [0.25, 0.3) is 0 Å². The van der Waals surface area contributed by atoms with Crippen molar-refractivity contribution in [3.05, 3.63) is 12.2 Å². The van der Waals surface area contributed by atoms with Crippen molar-refractivity contribution >= 4 is 11.9 Å². The van der Waals surface area contributed by atoms with Gasteiger partial charge in [-0.25, -0.2) is 0 Å². The monoisotopic (exact) mass is 1130 g/mol. The predicted molar refractivity (Wildman–Crippen MR) is 353 cm³/mol. The molecule has 476 valence electrons.